The van der Waals surface area contributed by atoms with Crippen LogP contribution >= 0.6 is 23.2 Å². The van der Waals surface area contributed by atoms with Gasteiger partial charge in [0.15, 0.2) is 0 Å². The molecule has 1 aromatic heterocycles. The van der Waals surface area contributed by atoms with Crippen molar-refractivity contribution < 1.29 is 4.79 Å². The molecule has 90 valence electrons. The molecule has 0 unspecified atom stereocenters. The summed E-state index contributed by atoms with van der Waals surface area (Å²) >= 11 is 11.5. The maximum atomic E-state index is 10.9. The number of pyridine rings is 1. The van der Waals surface area contributed by atoms with Crippen LogP contribution in [0.5, 0.6) is 0 Å². The van der Waals surface area contributed by atoms with Crippen LogP contribution in [-0.4, -0.2) is 18.1 Å². The third kappa shape index (κ3) is 3.54. The van der Waals surface area contributed by atoms with Crippen LogP contribution in [0, 0.1) is 6.92 Å². The van der Waals surface area contributed by atoms with E-state index in [1.165, 1.54) is 18.0 Å². The Kier molecular flexibility index (Phi) is 6.14. The van der Waals surface area contributed by atoms with E-state index in [1.54, 1.807) is 6.92 Å². The number of urea groups is 1. The van der Waals surface area contributed by atoms with Gasteiger partial charge in [-0.15, -0.1) is 0 Å². The van der Waals surface area contributed by atoms with Crippen molar-refractivity contribution in [3.63, 3.8) is 0 Å². The van der Waals surface area contributed by atoms with Crippen molar-refractivity contribution in [3.8, 4) is 0 Å². The molecule has 2 N–H and O–H groups in total. The first-order valence-electron chi connectivity index (χ1n) is 4.79. The molecule has 0 atom stereocenters. The topological polar surface area (TPSA) is 59.2 Å². The van der Waals surface area contributed by atoms with Crippen LogP contribution in [0.1, 0.15) is 19.4 Å². The zero-order valence-corrected chi connectivity index (χ0v) is 11.2. The summed E-state index contributed by atoms with van der Waals surface area (Å²) in [6.45, 7) is 5.74. The first-order chi connectivity index (χ1) is 7.43. The Bertz CT molecular complexity index is 383. The molecule has 4 nitrogen and oxygen atoms in total. The van der Waals surface area contributed by atoms with E-state index in [2.05, 4.69) is 4.98 Å². The number of anilines is 1. The minimum Gasteiger partial charge on any atom is -0.351 e. The number of nitrogens with zero attached hydrogens (tertiary/aromatic N) is 2. The van der Waals surface area contributed by atoms with E-state index in [9.17, 15) is 4.79 Å². The van der Waals surface area contributed by atoms with Gasteiger partial charge in [-0.3, -0.25) is 4.90 Å². The van der Waals surface area contributed by atoms with E-state index in [-0.39, 0.29) is 10.3 Å². The molecule has 2 amide bonds. The summed E-state index contributed by atoms with van der Waals surface area (Å²) in [5.74, 6) is 0. The number of rotatable bonds is 1. The second-order valence-electron chi connectivity index (χ2n) is 2.78. The van der Waals surface area contributed by atoms with Crippen molar-refractivity contribution in [3.05, 3.63) is 21.9 Å². The summed E-state index contributed by atoms with van der Waals surface area (Å²) in [5.41, 5.74) is 6.34. The van der Waals surface area contributed by atoms with Crippen molar-refractivity contribution in [2.45, 2.75) is 20.8 Å². The van der Waals surface area contributed by atoms with E-state index in [0.717, 1.165) is 0 Å². The SMILES string of the molecule is CC.Cc1c(N(C)C(N)=O)cc(Cl)nc1Cl. The number of primary amides is 1. The lowest BCUT2D eigenvalue weighted by atomic mass is 10.2. The molecule has 0 saturated carbocycles. The molecule has 0 aromatic carbocycles. The van der Waals surface area contributed by atoms with Crippen molar-refractivity contribution >= 4 is 34.9 Å². The highest BCUT2D eigenvalue weighted by atomic mass is 35.5. The summed E-state index contributed by atoms with van der Waals surface area (Å²) < 4.78 is 0. The van der Waals surface area contributed by atoms with Crippen LogP contribution in [0.25, 0.3) is 0 Å². The Labute approximate surface area is 105 Å². The number of carbonyl (C=O) groups excluding carboxylic acids is 1. The Balaban J connectivity index is 0.00000106. The fourth-order valence-corrected chi connectivity index (χ4v) is 1.42. The van der Waals surface area contributed by atoms with E-state index in [4.69, 9.17) is 28.9 Å². The van der Waals surface area contributed by atoms with Crippen LogP contribution in [0.4, 0.5) is 10.5 Å². The molecule has 16 heavy (non-hydrogen) atoms. The zero-order valence-electron chi connectivity index (χ0n) is 9.71. The fraction of sp³-hybridized carbons (Fsp3) is 0.400. The number of hydrogen-bond donors (Lipinski definition) is 1. The van der Waals surface area contributed by atoms with Gasteiger partial charge in [0.2, 0.25) is 0 Å². The lowest BCUT2D eigenvalue weighted by molar-refractivity contribution is 0.255. The van der Waals surface area contributed by atoms with Crippen molar-refractivity contribution in [1.29, 1.82) is 0 Å². The van der Waals surface area contributed by atoms with E-state index < -0.39 is 6.03 Å². The molecule has 1 rings (SSSR count). The lowest BCUT2D eigenvalue weighted by Gasteiger charge is -2.17. The fourth-order valence-electron chi connectivity index (χ4n) is 1.00. The van der Waals surface area contributed by atoms with Crippen LogP contribution < -0.4 is 10.6 Å². The molecule has 1 heterocycles. The van der Waals surface area contributed by atoms with Gasteiger partial charge in [0.05, 0.1) is 5.69 Å². The largest absolute Gasteiger partial charge is 0.351 e. The molecule has 0 fully saturated rings. The molecule has 0 aliphatic heterocycles. The summed E-state index contributed by atoms with van der Waals surface area (Å²) in [4.78, 5) is 16.0. The van der Waals surface area contributed by atoms with Crippen LogP contribution in [0.15, 0.2) is 6.07 Å². The normalized spacial score (nSPS) is 9.12. The van der Waals surface area contributed by atoms with Crippen LogP contribution in [0.2, 0.25) is 10.3 Å². The number of amides is 2. The summed E-state index contributed by atoms with van der Waals surface area (Å²) in [6, 6.07) is 0.958. The monoisotopic (exact) mass is 263 g/mol. The molecule has 0 aliphatic rings. The van der Waals surface area contributed by atoms with Crippen molar-refractivity contribution in [2.24, 2.45) is 5.73 Å². The maximum Gasteiger partial charge on any atom is 0.319 e. The van der Waals surface area contributed by atoms with E-state index in [0.29, 0.717) is 11.3 Å². The van der Waals surface area contributed by atoms with Crippen molar-refractivity contribution in [2.75, 3.05) is 11.9 Å². The average molecular weight is 264 g/mol. The second-order valence-corrected chi connectivity index (χ2v) is 3.52. The maximum absolute atomic E-state index is 10.9. The van der Waals surface area contributed by atoms with Gasteiger partial charge in [-0.1, -0.05) is 37.0 Å². The Hall–Kier alpha value is -1.00. The standard InChI is InChI=1S/C8H9Cl2N3O.C2H6/c1-4-5(13(2)8(11)14)3-6(9)12-7(4)10;1-2/h3H,1-2H3,(H2,11,14);1-2H3. The molecular formula is C10H15Cl2N3O. The number of halogens is 2. The predicted molar refractivity (Wildman–Crippen MR) is 68.3 cm³/mol. The van der Waals surface area contributed by atoms with E-state index >= 15 is 0 Å². The van der Waals surface area contributed by atoms with Gasteiger partial charge in [0, 0.05) is 12.6 Å². The van der Waals surface area contributed by atoms with Gasteiger partial charge >= 0.3 is 6.03 Å². The third-order valence-corrected chi connectivity index (χ3v) is 2.41. The molecule has 6 heteroatoms. The number of nitrogens with two attached hydrogens (primary N) is 1. The Morgan fingerprint density at radius 2 is 1.94 bits per heavy atom. The first kappa shape index (κ1) is 15.0. The van der Waals surface area contributed by atoms with Crippen LogP contribution in [0.3, 0.4) is 0 Å². The molecule has 0 saturated heterocycles. The minimum absolute atomic E-state index is 0.226. The Morgan fingerprint density at radius 1 is 1.44 bits per heavy atom. The van der Waals surface area contributed by atoms with Gasteiger partial charge in [-0.25, -0.2) is 9.78 Å². The zero-order chi connectivity index (χ0) is 12.9. The van der Waals surface area contributed by atoms with Crippen LogP contribution in [-0.2, 0) is 0 Å². The van der Waals surface area contributed by atoms with Crippen molar-refractivity contribution in [1.82, 2.24) is 4.98 Å². The van der Waals surface area contributed by atoms with Gasteiger partial charge in [-0.2, -0.15) is 0 Å². The molecule has 1 aromatic rings. The molecule has 0 bridgehead atoms. The highest BCUT2D eigenvalue weighted by Gasteiger charge is 2.13. The van der Waals surface area contributed by atoms with Gasteiger partial charge < -0.3 is 5.73 Å². The highest BCUT2D eigenvalue weighted by Crippen LogP contribution is 2.27. The quantitative estimate of drug-likeness (QED) is 0.791. The second kappa shape index (κ2) is 6.55. The average Bonchev–Trinajstić information content (AvgIpc) is 2.25. The predicted octanol–water partition coefficient (Wildman–Crippen LogP) is 3.24. The smallest absolute Gasteiger partial charge is 0.319 e. The minimum atomic E-state index is -0.577. The number of carbonyl (C=O) groups is 1. The summed E-state index contributed by atoms with van der Waals surface area (Å²) in [7, 11) is 1.54. The summed E-state index contributed by atoms with van der Waals surface area (Å²) in [5, 5.41) is 0.490. The molecule has 0 radical (unpaired) electrons. The van der Waals surface area contributed by atoms with Gasteiger partial charge in [-0.05, 0) is 13.0 Å². The molecular weight excluding hydrogens is 249 g/mol. The van der Waals surface area contributed by atoms with E-state index in [1.807, 2.05) is 13.8 Å². The lowest BCUT2D eigenvalue weighted by Crippen LogP contribution is -2.32. The van der Waals surface area contributed by atoms with Gasteiger partial charge in [0.25, 0.3) is 0 Å². The number of aromatic nitrogens is 1. The highest BCUT2D eigenvalue weighted by molar-refractivity contribution is 6.33. The number of hydrogen-bond acceptors (Lipinski definition) is 2. The third-order valence-electron chi connectivity index (χ3n) is 1.85. The summed E-state index contributed by atoms with van der Waals surface area (Å²) in [6.07, 6.45) is 0. The molecule has 0 spiro atoms. The first-order valence-corrected chi connectivity index (χ1v) is 5.55. The van der Waals surface area contributed by atoms with Gasteiger partial charge in [0.1, 0.15) is 10.3 Å². The molecule has 0 aliphatic carbocycles. The Morgan fingerprint density at radius 3 is 2.38 bits per heavy atom.